The lowest BCUT2D eigenvalue weighted by Gasteiger charge is -2.10. The molecule has 0 fully saturated rings. The van der Waals surface area contributed by atoms with Gasteiger partial charge in [-0.1, -0.05) is 41.4 Å². The molecule has 0 bridgehead atoms. The fraction of sp³-hybridized carbons (Fsp3) is 0.0526. The Labute approximate surface area is 155 Å². The summed E-state index contributed by atoms with van der Waals surface area (Å²) in [7, 11) is 0. The molecule has 1 heterocycles. The highest BCUT2D eigenvalue weighted by atomic mass is 35.5. The van der Waals surface area contributed by atoms with E-state index in [4.69, 9.17) is 27.9 Å². The summed E-state index contributed by atoms with van der Waals surface area (Å²) in [5.74, 6) is 0.235. The van der Waals surface area contributed by atoms with Gasteiger partial charge >= 0.3 is 0 Å². The second-order valence-electron chi connectivity index (χ2n) is 5.23. The standard InChI is InChI=1S/C19H14Cl2N2O2/c20-14-6-4-13(5-7-14)12-25-18-9-8-15(11-16(18)21)23-19(24)17-3-1-2-10-22-17/h1-11H,12H2,(H,23,24). The molecule has 0 unspecified atom stereocenters. The molecule has 0 aliphatic rings. The Hall–Kier alpha value is -2.56. The van der Waals surface area contributed by atoms with Crippen LogP contribution in [0, 0.1) is 0 Å². The molecule has 0 radical (unpaired) electrons. The molecule has 1 amide bonds. The number of hydrogen-bond donors (Lipinski definition) is 1. The number of pyridine rings is 1. The summed E-state index contributed by atoms with van der Waals surface area (Å²) in [6, 6.07) is 17.6. The monoisotopic (exact) mass is 372 g/mol. The Bertz CT molecular complexity index is 868. The molecule has 0 spiro atoms. The van der Waals surface area contributed by atoms with E-state index >= 15 is 0 Å². The maximum Gasteiger partial charge on any atom is 0.274 e. The highest BCUT2D eigenvalue weighted by Crippen LogP contribution is 2.28. The zero-order valence-electron chi connectivity index (χ0n) is 13.1. The number of anilines is 1. The molecule has 0 aliphatic carbocycles. The van der Waals surface area contributed by atoms with Crippen molar-refractivity contribution in [1.29, 1.82) is 0 Å². The molecular formula is C19H14Cl2N2O2. The Balaban J connectivity index is 1.64. The first-order valence-electron chi connectivity index (χ1n) is 7.51. The van der Waals surface area contributed by atoms with Gasteiger partial charge in [-0.15, -0.1) is 0 Å². The number of ether oxygens (including phenoxy) is 1. The third-order valence-corrected chi connectivity index (χ3v) is 3.94. The van der Waals surface area contributed by atoms with Crippen LogP contribution in [-0.2, 0) is 6.61 Å². The summed E-state index contributed by atoms with van der Waals surface area (Å²) in [4.78, 5) is 16.1. The van der Waals surface area contributed by atoms with Crippen molar-refractivity contribution < 1.29 is 9.53 Å². The van der Waals surface area contributed by atoms with E-state index in [2.05, 4.69) is 10.3 Å². The first-order valence-corrected chi connectivity index (χ1v) is 8.26. The van der Waals surface area contributed by atoms with Crippen molar-refractivity contribution in [3.8, 4) is 5.75 Å². The second kappa shape index (κ2) is 8.01. The van der Waals surface area contributed by atoms with E-state index in [0.717, 1.165) is 5.56 Å². The van der Waals surface area contributed by atoms with E-state index in [9.17, 15) is 4.79 Å². The van der Waals surface area contributed by atoms with Gasteiger partial charge < -0.3 is 10.1 Å². The highest BCUT2D eigenvalue weighted by molar-refractivity contribution is 6.32. The zero-order valence-corrected chi connectivity index (χ0v) is 14.6. The molecule has 25 heavy (non-hydrogen) atoms. The van der Waals surface area contributed by atoms with Crippen LogP contribution >= 0.6 is 23.2 Å². The Morgan fingerprint density at radius 3 is 2.52 bits per heavy atom. The van der Waals surface area contributed by atoms with Crippen LogP contribution in [0.3, 0.4) is 0 Å². The first kappa shape index (κ1) is 17.3. The Kier molecular flexibility index (Phi) is 5.53. The number of halogens is 2. The predicted molar refractivity (Wildman–Crippen MR) is 99.4 cm³/mol. The van der Waals surface area contributed by atoms with Crippen LogP contribution in [0.25, 0.3) is 0 Å². The molecule has 126 valence electrons. The molecule has 2 aromatic carbocycles. The fourth-order valence-corrected chi connectivity index (χ4v) is 2.49. The van der Waals surface area contributed by atoms with E-state index in [1.165, 1.54) is 0 Å². The molecule has 0 saturated heterocycles. The van der Waals surface area contributed by atoms with Crippen molar-refractivity contribution >= 4 is 34.8 Å². The van der Waals surface area contributed by atoms with Gasteiger partial charge in [-0.25, -0.2) is 0 Å². The summed E-state index contributed by atoms with van der Waals surface area (Å²) in [6.45, 7) is 0.372. The third-order valence-electron chi connectivity index (χ3n) is 3.39. The van der Waals surface area contributed by atoms with Crippen molar-refractivity contribution in [3.05, 3.63) is 88.2 Å². The third kappa shape index (κ3) is 4.72. The van der Waals surface area contributed by atoms with E-state index in [-0.39, 0.29) is 5.91 Å². The molecule has 6 heteroatoms. The smallest absolute Gasteiger partial charge is 0.274 e. The Morgan fingerprint density at radius 1 is 1.04 bits per heavy atom. The van der Waals surface area contributed by atoms with Crippen molar-refractivity contribution in [1.82, 2.24) is 4.98 Å². The lowest BCUT2D eigenvalue weighted by Crippen LogP contribution is -2.13. The number of benzene rings is 2. The SMILES string of the molecule is O=C(Nc1ccc(OCc2ccc(Cl)cc2)c(Cl)c1)c1ccccn1. The van der Waals surface area contributed by atoms with Gasteiger partial charge in [0, 0.05) is 16.9 Å². The minimum Gasteiger partial charge on any atom is -0.487 e. The highest BCUT2D eigenvalue weighted by Gasteiger charge is 2.09. The predicted octanol–water partition coefficient (Wildman–Crippen LogP) is 5.22. The van der Waals surface area contributed by atoms with Crippen LogP contribution in [0.2, 0.25) is 10.0 Å². The summed E-state index contributed by atoms with van der Waals surface area (Å²) < 4.78 is 5.71. The average Bonchev–Trinajstić information content (AvgIpc) is 2.63. The fourth-order valence-electron chi connectivity index (χ4n) is 2.13. The molecule has 0 saturated carbocycles. The molecule has 1 aromatic heterocycles. The number of carbonyl (C=O) groups excluding carboxylic acids is 1. The van der Waals surface area contributed by atoms with Gasteiger partial charge in [-0.3, -0.25) is 9.78 Å². The van der Waals surface area contributed by atoms with Crippen LogP contribution < -0.4 is 10.1 Å². The van der Waals surface area contributed by atoms with Gasteiger partial charge in [0.15, 0.2) is 0 Å². The molecule has 0 atom stereocenters. The number of rotatable bonds is 5. The largest absolute Gasteiger partial charge is 0.487 e. The normalized spacial score (nSPS) is 10.3. The maximum atomic E-state index is 12.1. The summed E-state index contributed by atoms with van der Waals surface area (Å²) in [6.07, 6.45) is 1.57. The molecule has 3 rings (SSSR count). The van der Waals surface area contributed by atoms with Crippen LogP contribution in [0.4, 0.5) is 5.69 Å². The van der Waals surface area contributed by atoms with Crippen molar-refractivity contribution in [2.24, 2.45) is 0 Å². The van der Waals surface area contributed by atoms with Crippen molar-refractivity contribution in [2.75, 3.05) is 5.32 Å². The number of aromatic nitrogens is 1. The maximum absolute atomic E-state index is 12.1. The average molecular weight is 373 g/mol. The van der Waals surface area contributed by atoms with Crippen LogP contribution in [0.5, 0.6) is 5.75 Å². The number of hydrogen-bond acceptors (Lipinski definition) is 3. The molecule has 3 aromatic rings. The summed E-state index contributed by atoms with van der Waals surface area (Å²) in [5.41, 5.74) is 1.88. The van der Waals surface area contributed by atoms with Crippen LogP contribution in [-0.4, -0.2) is 10.9 Å². The quantitative estimate of drug-likeness (QED) is 0.667. The molecule has 1 N–H and O–H groups in total. The van der Waals surface area contributed by atoms with Gasteiger partial charge in [0.05, 0.1) is 5.02 Å². The lowest BCUT2D eigenvalue weighted by molar-refractivity contribution is 0.102. The van der Waals surface area contributed by atoms with Gasteiger partial charge in [-0.2, -0.15) is 0 Å². The minimum absolute atomic E-state index is 0.300. The number of nitrogens with zero attached hydrogens (tertiary/aromatic N) is 1. The van der Waals surface area contributed by atoms with E-state index in [0.29, 0.717) is 33.8 Å². The van der Waals surface area contributed by atoms with Crippen molar-refractivity contribution in [2.45, 2.75) is 6.61 Å². The van der Waals surface area contributed by atoms with Crippen LogP contribution in [0.1, 0.15) is 16.1 Å². The molecular weight excluding hydrogens is 359 g/mol. The van der Waals surface area contributed by atoms with E-state index < -0.39 is 0 Å². The van der Waals surface area contributed by atoms with E-state index in [1.807, 2.05) is 12.1 Å². The number of carbonyl (C=O) groups is 1. The zero-order chi connectivity index (χ0) is 17.6. The molecule has 4 nitrogen and oxygen atoms in total. The summed E-state index contributed by atoms with van der Waals surface area (Å²) >= 11 is 12.1. The molecule has 0 aliphatic heterocycles. The first-order chi connectivity index (χ1) is 12.1. The summed E-state index contributed by atoms with van der Waals surface area (Å²) in [5, 5.41) is 3.84. The Morgan fingerprint density at radius 2 is 1.84 bits per heavy atom. The lowest BCUT2D eigenvalue weighted by atomic mass is 10.2. The van der Waals surface area contributed by atoms with Crippen LogP contribution in [0.15, 0.2) is 66.9 Å². The number of nitrogens with one attached hydrogen (secondary N) is 1. The van der Waals surface area contributed by atoms with Crippen molar-refractivity contribution in [3.63, 3.8) is 0 Å². The van der Waals surface area contributed by atoms with Gasteiger partial charge in [0.25, 0.3) is 5.91 Å². The van der Waals surface area contributed by atoms with E-state index in [1.54, 1.807) is 54.7 Å². The number of amides is 1. The second-order valence-corrected chi connectivity index (χ2v) is 6.07. The van der Waals surface area contributed by atoms with Gasteiger partial charge in [0.2, 0.25) is 0 Å². The van der Waals surface area contributed by atoms with Gasteiger partial charge in [0.1, 0.15) is 18.1 Å². The topological polar surface area (TPSA) is 51.2 Å². The minimum atomic E-state index is -0.300. The van der Waals surface area contributed by atoms with Gasteiger partial charge in [-0.05, 0) is 48.0 Å².